The van der Waals surface area contributed by atoms with Gasteiger partial charge in [-0.3, -0.25) is 4.79 Å². The Morgan fingerprint density at radius 1 is 1.03 bits per heavy atom. The summed E-state index contributed by atoms with van der Waals surface area (Å²) < 4.78 is 57.3. The van der Waals surface area contributed by atoms with E-state index in [1.165, 1.54) is 12.1 Å². The van der Waals surface area contributed by atoms with Gasteiger partial charge in [-0.15, -0.1) is 0 Å². The van der Waals surface area contributed by atoms with Gasteiger partial charge >= 0.3 is 6.03 Å². The van der Waals surface area contributed by atoms with E-state index in [2.05, 4.69) is 10.6 Å². The second-order valence-electron chi connectivity index (χ2n) is 9.06. The quantitative estimate of drug-likeness (QED) is 0.384. The number of anilines is 2. The van der Waals surface area contributed by atoms with Crippen LogP contribution < -0.4 is 20.8 Å². The zero-order chi connectivity index (χ0) is 26.9. The minimum atomic E-state index is -2.74. The fraction of sp³-hybridized carbons (Fsp3) is 0.231. The molecule has 1 heterocycles. The summed E-state index contributed by atoms with van der Waals surface area (Å²) in [5.74, 6) is -3.38. The van der Waals surface area contributed by atoms with Gasteiger partial charge in [-0.25, -0.2) is 18.0 Å². The summed E-state index contributed by atoms with van der Waals surface area (Å²) in [5, 5.41) is 5.38. The van der Waals surface area contributed by atoms with Crippen LogP contribution in [0.4, 0.5) is 29.3 Å². The van der Waals surface area contributed by atoms with E-state index in [9.17, 15) is 18.5 Å². The Morgan fingerprint density at radius 2 is 1.70 bits per heavy atom. The normalized spacial score (nSPS) is 16.0. The molecule has 4 rings (SSSR count). The lowest BCUT2D eigenvalue weighted by molar-refractivity contribution is -0.121. The highest BCUT2D eigenvalue weighted by Gasteiger charge is 2.34. The summed E-state index contributed by atoms with van der Waals surface area (Å²) in [7, 11) is -2.74. The van der Waals surface area contributed by atoms with Crippen LogP contribution in [0.5, 0.6) is 0 Å². The lowest BCUT2D eigenvalue weighted by atomic mass is 10.0. The van der Waals surface area contributed by atoms with Gasteiger partial charge in [0.1, 0.15) is 24.7 Å². The molecule has 1 aliphatic heterocycles. The molecule has 0 spiro atoms. The number of carbonyl (C=O) groups excluding carboxylic acids is 2. The van der Waals surface area contributed by atoms with E-state index < -0.39 is 48.3 Å². The zero-order valence-corrected chi connectivity index (χ0v) is 21.7. The van der Waals surface area contributed by atoms with Crippen molar-refractivity contribution in [1.82, 2.24) is 5.32 Å². The number of nitrogens with one attached hydrogen (secondary N) is 2. The van der Waals surface area contributed by atoms with E-state index >= 15 is 8.78 Å². The molecule has 0 bridgehead atoms. The number of hydrogen-bond acceptors (Lipinski definition) is 3. The average molecular weight is 550 g/mol. The predicted molar refractivity (Wildman–Crippen MR) is 140 cm³/mol. The molecule has 6 nitrogen and oxygen atoms in total. The van der Waals surface area contributed by atoms with Crippen LogP contribution in [0.1, 0.15) is 12.8 Å². The maximum absolute atomic E-state index is 15.3. The number of nitrogens with zero attached hydrogens (tertiary/aromatic N) is 1. The number of halogens is 4. The van der Waals surface area contributed by atoms with Gasteiger partial charge in [0.05, 0.1) is 5.69 Å². The average Bonchev–Trinajstić information content (AvgIpc) is 2.82. The highest BCUT2D eigenvalue weighted by atomic mass is 35.5. The second kappa shape index (κ2) is 10.6. The summed E-state index contributed by atoms with van der Waals surface area (Å²) in [5.41, 5.74) is -0.0330. The monoisotopic (exact) mass is 549 g/mol. The standard InChI is InChI=1S/C26H24ClF3N3O3P/c1-37(2,36)23-8-4-3-6-17(23)15-12-19(29)24(20(30)13-15)33-11-5-7-22(25(33)34)32-26(35)31-21-10-9-16(27)14-18(21)28/h3-4,6,8-10,12-14,22H,5,7,11H2,1-2H3,(H2,31,32,35)/t22-/m1/s1. The Labute approximate surface area is 217 Å². The number of hydrogen-bond donors (Lipinski definition) is 2. The summed E-state index contributed by atoms with van der Waals surface area (Å²) in [6.45, 7) is 3.20. The molecule has 0 aromatic heterocycles. The SMILES string of the molecule is CP(C)(=O)c1ccccc1-c1cc(F)c(N2CCC[C@@H](NC(=O)Nc3ccc(Cl)cc3F)C2=O)c(F)c1. The first-order valence-corrected chi connectivity index (χ1v) is 14.4. The third-order valence-corrected chi connectivity index (χ3v) is 7.79. The number of piperidine rings is 1. The van der Waals surface area contributed by atoms with Crippen molar-refractivity contribution in [2.24, 2.45) is 0 Å². The Hall–Kier alpha value is -3.29. The topological polar surface area (TPSA) is 78.5 Å². The molecule has 1 atom stereocenters. The molecular weight excluding hydrogens is 526 g/mol. The highest BCUT2D eigenvalue weighted by molar-refractivity contribution is 7.70. The van der Waals surface area contributed by atoms with Gasteiger partial charge in [-0.2, -0.15) is 0 Å². The van der Waals surface area contributed by atoms with Gasteiger partial charge in [0, 0.05) is 16.9 Å². The van der Waals surface area contributed by atoms with Crippen molar-refractivity contribution in [1.29, 1.82) is 0 Å². The number of rotatable bonds is 5. The summed E-state index contributed by atoms with van der Waals surface area (Å²) in [4.78, 5) is 26.4. The van der Waals surface area contributed by atoms with E-state index in [1.807, 2.05) is 0 Å². The maximum Gasteiger partial charge on any atom is 0.319 e. The Morgan fingerprint density at radius 3 is 2.35 bits per heavy atom. The van der Waals surface area contributed by atoms with Crippen LogP contribution in [0.15, 0.2) is 54.6 Å². The van der Waals surface area contributed by atoms with E-state index in [-0.39, 0.29) is 29.2 Å². The molecule has 1 saturated heterocycles. The molecule has 1 aliphatic rings. The van der Waals surface area contributed by atoms with Gasteiger partial charge in [0.15, 0.2) is 11.6 Å². The molecule has 3 aromatic rings. The minimum Gasteiger partial charge on any atom is -0.326 e. The first-order valence-electron chi connectivity index (χ1n) is 11.4. The van der Waals surface area contributed by atoms with E-state index in [4.69, 9.17) is 11.6 Å². The molecule has 11 heteroatoms. The third-order valence-electron chi connectivity index (χ3n) is 6.01. The Bertz CT molecular complexity index is 1410. The molecule has 0 aliphatic carbocycles. The fourth-order valence-electron chi connectivity index (χ4n) is 4.30. The van der Waals surface area contributed by atoms with Gasteiger partial charge in [0.25, 0.3) is 0 Å². The first-order chi connectivity index (χ1) is 17.5. The summed E-state index contributed by atoms with van der Waals surface area (Å²) >= 11 is 5.71. The molecule has 1 fully saturated rings. The third kappa shape index (κ3) is 5.84. The van der Waals surface area contributed by atoms with E-state index in [0.717, 1.165) is 23.1 Å². The zero-order valence-electron chi connectivity index (χ0n) is 20.0. The fourth-order valence-corrected chi connectivity index (χ4v) is 5.69. The molecule has 0 unspecified atom stereocenters. The largest absolute Gasteiger partial charge is 0.326 e. The smallest absolute Gasteiger partial charge is 0.319 e. The molecule has 2 N–H and O–H groups in total. The first kappa shape index (κ1) is 26.8. The minimum absolute atomic E-state index is 0.0489. The van der Waals surface area contributed by atoms with Crippen molar-refractivity contribution in [3.05, 3.63) is 77.1 Å². The summed E-state index contributed by atoms with van der Waals surface area (Å²) in [6.07, 6.45) is 0.604. The van der Waals surface area contributed by atoms with E-state index in [0.29, 0.717) is 17.3 Å². The number of amides is 3. The summed E-state index contributed by atoms with van der Waals surface area (Å²) in [6, 6.07) is 10.7. The molecule has 37 heavy (non-hydrogen) atoms. The number of carbonyl (C=O) groups is 2. The molecular formula is C26H24ClF3N3O3P. The maximum atomic E-state index is 15.3. The van der Waals surface area contributed by atoms with Crippen molar-refractivity contribution in [2.45, 2.75) is 18.9 Å². The van der Waals surface area contributed by atoms with Gasteiger partial charge < -0.3 is 20.1 Å². The number of urea groups is 1. The van der Waals surface area contributed by atoms with Crippen molar-refractivity contribution >= 4 is 47.4 Å². The molecule has 0 radical (unpaired) electrons. The highest BCUT2D eigenvalue weighted by Crippen LogP contribution is 2.40. The van der Waals surface area contributed by atoms with Crippen molar-refractivity contribution in [3.8, 4) is 11.1 Å². The van der Waals surface area contributed by atoms with Crippen LogP contribution in [0.3, 0.4) is 0 Å². The Kier molecular flexibility index (Phi) is 7.67. The van der Waals surface area contributed by atoms with Gasteiger partial charge in [-0.05, 0) is 67.6 Å². The molecule has 3 amide bonds. The van der Waals surface area contributed by atoms with Crippen molar-refractivity contribution in [3.63, 3.8) is 0 Å². The lowest BCUT2D eigenvalue weighted by Gasteiger charge is -2.33. The second-order valence-corrected chi connectivity index (χ2v) is 12.7. The van der Waals surface area contributed by atoms with E-state index in [1.54, 1.807) is 37.6 Å². The van der Waals surface area contributed by atoms with Crippen molar-refractivity contribution in [2.75, 3.05) is 30.1 Å². The predicted octanol–water partition coefficient (Wildman–Crippen LogP) is 5.99. The van der Waals surface area contributed by atoms with Gasteiger partial charge in [0.2, 0.25) is 5.91 Å². The lowest BCUT2D eigenvalue weighted by Crippen LogP contribution is -2.53. The van der Waals surface area contributed by atoms with Crippen molar-refractivity contribution < 1.29 is 27.3 Å². The molecule has 194 valence electrons. The van der Waals surface area contributed by atoms with Crippen LogP contribution in [0, 0.1) is 17.5 Å². The van der Waals surface area contributed by atoms with Crippen LogP contribution in [-0.2, 0) is 9.36 Å². The Balaban J connectivity index is 1.56. The van der Waals surface area contributed by atoms with Crippen LogP contribution >= 0.6 is 18.7 Å². The van der Waals surface area contributed by atoms with Crippen LogP contribution in [-0.4, -0.2) is 37.9 Å². The number of benzene rings is 3. The molecule has 3 aromatic carbocycles. The van der Waals surface area contributed by atoms with Gasteiger partial charge in [-0.1, -0.05) is 35.9 Å². The van der Waals surface area contributed by atoms with Crippen LogP contribution in [0.25, 0.3) is 11.1 Å². The van der Waals surface area contributed by atoms with Crippen LogP contribution in [0.2, 0.25) is 5.02 Å². The molecule has 0 saturated carbocycles.